The number of benzene rings is 1. The number of carbonyl (C=O) groups excluding carboxylic acids is 1. The first-order valence-corrected chi connectivity index (χ1v) is 9.82. The van der Waals surface area contributed by atoms with E-state index in [1.807, 2.05) is 31.3 Å². The van der Waals surface area contributed by atoms with E-state index in [2.05, 4.69) is 21.3 Å². The molecule has 1 aliphatic heterocycles. The molecule has 6 heteroatoms. The van der Waals surface area contributed by atoms with Crippen LogP contribution in [-0.2, 0) is 11.2 Å². The summed E-state index contributed by atoms with van der Waals surface area (Å²) >= 11 is 0. The van der Waals surface area contributed by atoms with Gasteiger partial charge in [0.25, 0.3) is 5.91 Å². The van der Waals surface area contributed by atoms with Crippen molar-refractivity contribution in [3.8, 4) is 5.75 Å². The van der Waals surface area contributed by atoms with Crippen LogP contribution in [0.5, 0.6) is 5.75 Å². The highest BCUT2D eigenvalue weighted by atomic mass is 16.5. The highest BCUT2D eigenvalue weighted by molar-refractivity contribution is 5.94. The lowest BCUT2D eigenvalue weighted by Gasteiger charge is -2.26. The summed E-state index contributed by atoms with van der Waals surface area (Å²) in [6.07, 6.45) is 3.40. The second-order valence-corrected chi connectivity index (χ2v) is 7.13. The summed E-state index contributed by atoms with van der Waals surface area (Å²) in [5.41, 5.74) is 3.78. The Morgan fingerprint density at radius 3 is 2.82 bits per heavy atom. The first-order valence-electron chi connectivity index (χ1n) is 9.82. The number of nitrogens with zero attached hydrogens (tertiary/aromatic N) is 2. The average molecular weight is 383 g/mol. The zero-order chi connectivity index (χ0) is 19.8. The van der Waals surface area contributed by atoms with E-state index in [1.54, 1.807) is 13.2 Å². The van der Waals surface area contributed by atoms with Crippen LogP contribution >= 0.6 is 0 Å². The lowest BCUT2D eigenvalue weighted by atomic mass is 10.0. The molecule has 2 heterocycles. The van der Waals surface area contributed by atoms with Gasteiger partial charge in [0.15, 0.2) is 0 Å². The standard InChI is InChI=1S/C22H29N3O3/c1-17-4-6-23-20(12-17)14-18-13-19(16-21(15-18)27-2)22(26)24-5-3-7-25-8-10-28-11-9-25/h4,6,12-13,15-16H,3,5,7-11,14H2,1-2H3,(H,24,26). The number of aromatic nitrogens is 1. The van der Waals surface area contributed by atoms with Crippen molar-refractivity contribution in [1.29, 1.82) is 0 Å². The Balaban J connectivity index is 1.57. The van der Waals surface area contributed by atoms with Gasteiger partial charge in [-0.25, -0.2) is 0 Å². The van der Waals surface area contributed by atoms with Crippen LogP contribution in [0.15, 0.2) is 36.5 Å². The fraction of sp³-hybridized carbons (Fsp3) is 0.455. The molecule has 1 aromatic carbocycles. The Labute approximate surface area is 166 Å². The minimum absolute atomic E-state index is 0.0701. The van der Waals surface area contributed by atoms with Gasteiger partial charge < -0.3 is 14.8 Å². The number of rotatable bonds is 8. The number of carbonyl (C=O) groups is 1. The van der Waals surface area contributed by atoms with Crippen molar-refractivity contribution < 1.29 is 14.3 Å². The monoisotopic (exact) mass is 383 g/mol. The maximum atomic E-state index is 12.6. The molecule has 6 nitrogen and oxygen atoms in total. The van der Waals surface area contributed by atoms with Crippen LogP contribution in [0.2, 0.25) is 0 Å². The smallest absolute Gasteiger partial charge is 0.251 e. The van der Waals surface area contributed by atoms with Gasteiger partial charge in [-0.2, -0.15) is 0 Å². The number of hydrogen-bond donors (Lipinski definition) is 1. The van der Waals surface area contributed by atoms with Gasteiger partial charge in [-0.1, -0.05) is 0 Å². The predicted molar refractivity (Wildman–Crippen MR) is 109 cm³/mol. The molecule has 0 aliphatic carbocycles. The Kier molecular flexibility index (Phi) is 7.39. The fourth-order valence-electron chi connectivity index (χ4n) is 3.35. The van der Waals surface area contributed by atoms with E-state index in [1.165, 1.54) is 5.56 Å². The van der Waals surface area contributed by atoms with Gasteiger partial charge in [0, 0.05) is 43.5 Å². The normalized spacial score (nSPS) is 14.6. The van der Waals surface area contributed by atoms with Crippen molar-refractivity contribution in [2.45, 2.75) is 19.8 Å². The van der Waals surface area contributed by atoms with Gasteiger partial charge in [0.05, 0.1) is 20.3 Å². The number of hydrogen-bond acceptors (Lipinski definition) is 5. The third-order valence-electron chi connectivity index (χ3n) is 4.86. The van der Waals surface area contributed by atoms with E-state index in [9.17, 15) is 4.79 Å². The summed E-state index contributed by atoms with van der Waals surface area (Å²) in [4.78, 5) is 19.4. The van der Waals surface area contributed by atoms with E-state index < -0.39 is 0 Å². The third-order valence-corrected chi connectivity index (χ3v) is 4.86. The summed E-state index contributed by atoms with van der Waals surface area (Å²) in [6.45, 7) is 7.23. The molecule has 28 heavy (non-hydrogen) atoms. The summed E-state index contributed by atoms with van der Waals surface area (Å²) < 4.78 is 10.7. The van der Waals surface area contributed by atoms with Crippen molar-refractivity contribution in [1.82, 2.24) is 15.2 Å². The lowest BCUT2D eigenvalue weighted by Crippen LogP contribution is -2.38. The van der Waals surface area contributed by atoms with Crippen LogP contribution in [-0.4, -0.2) is 62.3 Å². The van der Waals surface area contributed by atoms with E-state index >= 15 is 0 Å². The largest absolute Gasteiger partial charge is 0.497 e. The second-order valence-electron chi connectivity index (χ2n) is 7.13. The number of nitrogens with one attached hydrogen (secondary N) is 1. The quantitative estimate of drug-likeness (QED) is 0.710. The van der Waals surface area contributed by atoms with Crippen molar-refractivity contribution in [2.75, 3.05) is 46.5 Å². The predicted octanol–water partition coefficient (Wildman–Crippen LogP) is 2.44. The molecular formula is C22H29N3O3. The lowest BCUT2D eigenvalue weighted by molar-refractivity contribution is 0.0374. The van der Waals surface area contributed by atoms with E-state index in [4.69, 9.17) is 9.47 Å². The van der Waals surface area contributed by atoms with Gasteiger partial charge in [0.1, 0.15) is 5.75 Å². The maximum absolute atomic E-state index is 12.6. The SMILES string of the molecule is COc1cc(Cc2cc(C)ccn2)cc(C(=O)NCCCN2CCOCC2)c1. The van der Waals surface area contributed by atoms with Crippen molar-refractivity contribution in [3.05, 3.63) is 58.9 Å². The topological polar surface area (TPSA) is 63.7 Å². The summed E-state index contributed by atoms with van der Waals surface area (Å²) in [5, 5.41) is 3.02. The van der Waals surface area contributed by atoms with Crippen LogP contribution in [0.1, 0.15) is 33.6 Å². The molecule has 1 saturated heterocycles. The molecule has 1 fully saturated rings. The summed E-state index contributed by atoms with van der Waals surface area (Å²) in [6, 6.07) is 9.70. The minimum atomic E-state index is -0.0701. The summed E-state index contributed by atoms with van der Waals surface area (Å²) in [7, 11) is 1.62. The highest BCUT2D eigenvalue weighted by Crippen LogP contribution is 2.19. The van der Waals surface area contributed by atoms with Crippen molar-refractivity contribution in [2.24, 2.45) is 0 Å². The average Bonchev–Trinajstić information content (AvgIpc) is 2.71. The molecule has 150 valence electrons. The van der Waals surface area contributed by atoms with Crippen LogP contribution in [0.25, 0.3) is 0 Å². The molecule has 3 rings (SSSR count). The fourth-order valence-corrected chi connectivity index (χ4v) is 3.35. The highest BCUT2D eigenvalue weighted by Gasteiger charge is 2.12. The van der Waals surface area contributed by atoms with E-state index in [0.29, 0.717) is 24.3 Å². The Hall–Kier alpha value is -2.44. The Morgan fingerprint density at radius 2 is 2.07 bits per heavy atom. The molecule has 0 spiro atoms. The Bertz CT molecular complexity index is 788. The molecule has 0 radical (unpaired) electrons. The van der Waals surface area contributed by atoms with E-state index in [0.717, 1.165) is 50.5 Å². The van der Waals surface area contributed by atoms with Crippen molar-refractivity contribution >= 4 is 5.91 Å². The molecule has 0 saturated carbocycles. The van der Waals surface area contributed by atoms with E-state index in [-0.39, 0.29) is 5.91 Å². The summed E-state index contributed by atoms with van der Waals surface area (Å²) in [5.74, 6) is 0.614. The molecule has 1 aliphatic rings. The number of ether oxygens (including phenoxy) is 2. The number of amides is 1. The molecule has 1 amide bonds. The molecular weight excluding hydrogens is 354 g/mol. The Morgan fingerprint density at radius 1 is 1.25 bits per heavy atom. The number of morpholine rings is 1. The molecule has 2 aromatic rings. The number of methoxy groups -OCH3 is 1. The molecule has 0 atom stereocenters. The van der Waals surface area contributed by atoms with Gasteiger partial charge in [-0.3, -0.25) is 14.7 Å². The van der Waals surface area contributed by atoms with Gasteiger partial charge in [0.2, 0.25) is 0 Å². The first kappa shape index (κ1) is 20.3. The van der Waals surface area contributed by atoms with Gasteiger partial charge in [-0.05, 0) is 61.3 Å². The number of aryl methyl sites for hydroxylation is 1. The zero-order valence-electron chi connectivity index (χ0n) is 16.7. The van der Waals surface area contributed by atoms with Gasteiger partial charge >= 0.3 is 0 Å². The van der Waals surface area contributed by atoms with Crippen LogP contribution in [0.4, 0.5) is 0 Å². The molecule has 0 bridgehead atoms. The van der Waals surface area contributed by atoms with Gasteiger partial charge in [-0.15, -0.1) is 0 Å². The second kappa shape index (κ2) is 10.2. The maximum Gasteiger partial charge on any atom is 0.251 e. The van der Waals surface area contributed by atoms with Crippen LogP contribution in [0.3, 0.4) is 0 Å². The first-order chi connectivity index (χ1) is 13.6. The zero-order valence-corrected chi connectivity index (χ0v) is 16.7. The van der Waals surface area contributed by atoms with Crippen LogP contribution < -0.4 is 10.1 Å². The molecule has 1 N–H and O–H groups in total. The molecule has 1 aromatic heterocycles. The number of pyridine rings is 1. The minimum Gasteiger partial charge on any atom is -0.497 e. The third kappa shape index (κ3) is 6.04. The van der Waals surface area contributed by atoms with Crippen LogP contribution in [0, 0.1) is 6.92 Å². The molecule has 0 unspecified atom stereocenters. The van der Waals surface area contributed by atoms with Crippen molar-refractivity contribution in [3.63, 3.8) is 0 Å².